The molecule has 2 amide bonds. The van der Waals surface area contributed by atoms with Gasteiger partial charge >= 0.3 is 6.03 Å². The SMILES string of the molecule is CCC1(CO)CCN(C(=O)NCCc2cnn(C)c2)CC1. The number of amides is 2. The first kappa shape index (κ1) is 15.8. The van der Waals surface area contributed by atoms with Gasteiger partial charge in [0.2, 0.25) is 0 Å². The maximum Gasteiger partial charge on any atom is 0.317 e. The zero-order chi connectivity index (χ0) is 15.3. The van der Waals surface area contributed by atoms with Crippen molar-refractivity contribution < 1.29 is 9.90 Å². The molecule has 1 aromatic heterocycles. The van der Waals surface area contributed by atoms with Gasteiger partial charge in [-0.3, -0.25) is 4.68 Å². The number of nitrogens with one attached hydrogen (secondary N) is 1. The Hall–Kier alpha value is -1.56. The summed E-state index contributed by atoms with van der Waals surface area (Å²) >= 11 is 0. The fraction of sp³-hybridized carbons (Fsp3) is 0.733. The van der Waals surface area contributed by atoms with Crippen molar-refractivity contribution in [3.8, 4) is 0 Å². The number of aryl methyl sites for hydroxylation is 1. The number of urea groups is 1. The molecular weight excluding hydrogens is 268 g/mol. The van der Waals surface area contributed by atoms with E-state index >= 15 is 0 Å². The molecule has 0 radical (unpaired) electrons. The highest BCUT2D eigenvalue weighted by atomic mass is 16.3. The number of piperidine rings is 1. The van der Waals surface area contributed by atoms with Gasteiger partial charge < -0.3 is 15.3 Å². The third-order valence-corrected chi connectivity index (χ3v) is 4.64. The molecule has 0 aliphatic carbocycles. The summed E-state index contributed by atoms with van der Waals surface area (Å²) in [5.41, 5.74) is 1.15. The number of aliphatic hydroxyl groups is 1. The number of carbonyl (C=O) groups excluding carboxylic acids is 1. The standard InChI is InChI=1S/C15H26N4O2/c1-3-15(12-20)5-8-19(9-6-15)14(21)16-7-4-13-10-17-18(2)11-13/h10-11,20H,3-9,12H2,1-2H3,(H,16,21). The molecule has 2 rings (SSSR count). The summed E-state index contributed by atoms with van der Waals surface area (Å²) in [5.74, 6) is 0. The van der Waals surface area contributed by atoms with Crippen molar-refractivity contribution in [3.63, 3.8) is 0 Å². The van der Waals surface area contributed by atoms with Crippen LogP contribution >= 0.6 is 0 Å². The average molecular weight is 294 g/mol. The van der Waals surface area contributed by atoms with Crippen LogP contribution in [0.15, 0.2) is 12.4 Å². The maximum atomic E-state index is 12.1. The summed E-state index contributed by atoms with van der Waals surface area (Å²) in [6, 6.07) is 0.00142. The van der Waals surface area contributed by atoms with Crippen molar-refractivity contribution in [2.45, 2.75) is 32.6 Å². The zero-order valence-electron chi connectivity index (χ0n) is 13.0. The summed E-state index contributed by atoms with van der Waals surface area (Å²) in [7, 11) is 1.89. The number of rotatable bonds is 5. The van der Waals surface area contributed by atoms with Crippen LogP contribution in [0.4, 0.5) is 4.79 Å². The number of nitrogens with zero attached hydrogens (tertiary/aromatic N) is 3. The summed E-state index contributed by atoms with van der Waals surface area (Å²) in [6.45, 7) is 4.42. The first-order valence-corrected chi connectivity index (χ1v) is 7.70. The lowest BCUT2D eigenvalue weighted by Crippen LogP contribution is -2.48. The van der Waals surface area contributed by atoms with E-state index in [1.54, 1.807) is 4.68 Å². The molecule has 1 aromatic rings. The lowest BCUT2D eigenvalue weighted by Gasteiger charge is -2.40. The highest BCUT2D eigenvalue weighted by Gasteiger charge is 2.33. The van der Waals surface area contributed by atoms with Crippen LogP contribution in [-0.4, -0.2) is 52.1 Å². The van der Waals surface area contributed by atoms with Crippen LogP contribution in [0.2, 0.25) is 0 Å². The van der Waals surface area contributed by atoms with Crippen molar-refractivity contribution in [1.82, 2.24) is 20.0 Å². The Kier molecular flexibility index (Phi) is 5.22. The number of aliphatic hydroxyl groups excluding tert-OH is 1. The molecule has 2 N–H and O–H groups in total. The molecule has 1 aliphatic rings. The number of carbonyl (C=O) groups is 1. The van der Waals surface area contributed by atoms with Gasteiger partial charge in [0, 0.05) is 39.5 Å². The Morgan fingerprint density at radius 3 is 2.71 bits per heavy atom. The van der Waals surface area contributed by atoms with E-state index < -0.39 is 0 Å². The van der Waals surface area contributed by atoms with E-state index in [1.165, 1.54) is 0 Å². The Balaban J connectivity index is 1.72. The molecule has 0 spiro atoms. The normalized spacial score (nSPS) is 17.8. The molecule has 118 valence electrons. The average Bonchev–Trinajstić information content (AvgIpc) is 2.92. The van der Waals surface area contributed by atoms with Gasteiger partial charge in [-0.25, -0.2) is 4.79 Å². The lowest BCUT2D eigenvalue weighted by molar-refractivity contribution is 0.0520. The fourth-order valence-electron chi connectivity index (χ4n) is 2.83. The summed E-state index contributed by atoms with van der Waals surface area (Å²) in [4.78, 5) is 14.0. The largest absolute Gasteiger partial charge is 0.396 e. The number of hydrogen-bond acceptors (Lipinski definition) is 3. The van der Waals surface area contributed by atoms with E-state index in [0.717, 1.165) is 44.3 Å². The lowest BCUT2D eigenvalue weighted by atomic mass is 9.77. The van der Waals surface area contributed by atoms with Gasteiger partial charge in [-0.1, -0.05) is 6.92 Å². The number of hydrogen-bond donors (Lipinski definition) is 2. The predicted octanol–water partition coefficient (Wildman–Crippen LogP) is 1.16. The van der Waals surface area contributed by atoms with Crippen LogP contribution in [0, 0.1) is 5.41 Å². The van der Waals surface area contributed by atoms with E-state index in [1.807, 2.05) is 24.3 Å². The second-order valence-electron chi connectivity index (χ2n) is 6.00. The van der Waals surface area contributed by atoms with E-state index in [0.29, 0.717) is 6.54 Å². The molecule has 2 heterocycles. The second kappa shape index (κ2) is 6.93. The van der Waals surface area contributed by atoms with Crippen LogP contribution < -0.4 is 5.32 Å². The van der Waals surface area contributed by atoms with Crippen molar-refractivity contribution in [3.05, 3.63) is 18.0 Å². The van der Waals surface area contributed by atoms with Crippen LogP contribution in [0.1, 0.15) is 31.7 Å². The molecule has 21 heavy (non-hydrogen) atoms. The predicted molar refractivity (Wildman–Crippen MR) is 80.9 cm³/mol. The Morgan fingerprint density at radius 2 is 2.19 bits per heavy atom. The molecule has 0 saturated carbocycles. The molecule has 1 fully saturated rings. The third-order valence-electron chi connectivity index (χ3n) is 4.64. The second-order valence-corrected chi connectivity index (χ2v) is 6.00. The third kappa shape index (κ3) is 3.97. The van der Waals surface area contributed by atoms with Crippen molar-refractivity contribution in [2.24, 2.45) is 12.5 Å². The summed E-state index contributed by atoms with van der Waals surface area (Å²) in [6.07, 6.45) is 7.32. The smallest absolute Gasteiger partial charge is 0.317 e. The van der Waals surface area contributed by atoms with Gasteiger partial charge in [-0.2, -0.15) is 5.10 Å². The van der Waals surface area contributed by atoms with Gasteiger partial charge in [0.1, 0.15) is 0 Å². The minimum absolute atomic E-state index is 0.00142. The van der Waals surface area contributed by atoms with Crippen LogP contribution in [-0.2, 0) is 13.5 Å². The highest BCUT2D eigenvalue weighted by molar-refractivity contribution is 5.74. The molecule has 0 aromatic carbocycles. The van der Waals surface area contributed by atoms with E-state index in [4.69, 9.17) is 0 Å². The van der Waals surface area contributed by atoms with E-state index in [-0.39, 0.29) is 18.1 Å². The van der Waals surface area contributed by atoms with Gasteiger partial charge in [0.25, 0.3) is 0 Å². The van der Waals surface area contributed by atoms with Crippen molar-refractivity contribution in [2.75, 3.05) is 26.2 Å². The van der Waals surface area contributed by atoms with Crippen molar-refractivity contribution in [1.29, 1.82) is 0 Å². The molecule has 0 bridgehead atoms. The molecular formula is C15H26N4O2. The molecule has 6 nitrogen and oxygen atoms in total. The van der Waals surface area contributed by atoms with E-state index in [9.17, 15) is 9.90 Å². The molecule has 1 saturated heterocycles. The topological polar surface area (TPSA) is 70.4 Å². The van der Waals surface area contributed by atoms with Crippen LogP contribution in [0.3, 0.4) is 0 Å². The Labute approximate surface area is 126 Å². The minimum atomic E-state index is 0.00142. The summed E-state index contributed by atoms with van der Waals surface area (Å²) < 4.78 is 1.76. The van der Waals surface area contributed by atoms with E-state index in [2.05, 4.69) is 17.3 Å². The van der Waals surface area contributed by atoms with Gasteiger partial charge in [-0.15, -0.1) is 0 Å². The first-order chi connectivity index (χ1) is 10.1. The number of aromatic nitrogens is 2. The van der Waals surface area contributed by atoms with Crippen LogP contribution in [0.25, 0.3) is 0 Å². The zero-order valence-corrected chi connectivity index (χ0v) is 13.0. The fourth-order valence-corrected chi connectivity index (χ4v) is 2.83. The number of likely N-dealkylation sites (tertiary alicyclic amines) is 1. The molecule has 0 atom stereocenters. The molecule has 6 heteroatoms. The quantitative estimate of drug-likeness (QED) is 0.856. The van der Waals surface area contributed by atoms with Gasteiger partial charge in [0.05, 0.1) is 6.20 Å². The van der Waals surface area contributed by atoms with Crippen LogP contribution in [0.5, 0.6) is 0 Å². The van der Waals surface area contributed by atoms with Gasteiger partial charge in [-0.05, 0) is 36.7 Å². The molecule has 1 aliphatic heterocycles. The monoisotopic (exact) mass is 294 g/mol. The minimum Gasteiger partial charge on any atom is -0.396 e. The first-order valence-electron chi connectivity index (χ1n) is 7.70. The van der Waals surface area contributed by atoms with Crippen molar-refractivity contribution >= 4 is 6.03 Å². The maximum absolute atomic E-state index is 12.1. The highest BCUT2D eigenvalue weighted by Crippen LogP contribution is 2.34. The Morgan fingerprint density at radius 1 is 1.48 bits per heavy atom. The van der Waals surface area contributed by atoms with Gasteiger partial charge in [0.15, 0.2) is 0 Å². The molecule has 0 unspecified atom stereocenters. The Bertz CT molecular complexity index is 458. The summed E-state index contributed by atoms with van der Waals surface area (Å²) in [5, 5.41) is 16.6.